The number of aliphatic hydroxyl groups excluding tert-OH is 1. The largest absolute Gasteiger partial charge is 0.455 e. The van der Waals surface area contributed by atoms with Gasteiger partial charge in [-0.15, -0.1) is 0 Å². The molecule has 0 saturated carbocycles. The van der Waals surface area contributed by atoms with E-state index >= 15 is 0 Å². The average Bonchev–Trinajstić information content (AvgIpc) is 3.65. The van der Waals surface area contributed by atoms with E-state index in [1.807, 2.05) is 44.2 Å². The van der Waals surface area contributed by atoms with Gasteiger partial charge in [0.25, 0.3) is 0 Å². The van der Waals surface area contributed by atoms with E-state index in [2.05, 4.69) is 5.32 Å². The number of likely N-dealkylation sites (tertiary alicyclic amines) is 1. The molecule has 4 heterocycles. The Kier molecular flexibility index (Phi) is 9.87. The molecular formula is C33H43N3O8. The highest BCUT2D eigenvalue weighted by molar-refractivity contribution is 5.99. The van der Waals surface area contributed by atoms with Crippen molar-refractivity contribution < 1.29 is 38.5 Å². The van der Waals surface area contributed by atoms with Crippen LogP contribution in [0.4, 0.5) is 0 Å². The molecule has 238 valence electrons. The second-order valence-electron chi connectivity index (χ2n) is 12.0. The summed E-state index contributed by atoms with van der Waals surface area (Å²) in [6.07, 6.45) is 7.77. The minimum atomic E-state index is -1.37. The molecule has 1 spiro atoms. The molecule has 5 rings (SSSR count). The normalized spacial score (nSPS) is 33.7. The Bertz CT molecular complexity index is 1280. The van der Waals surface area contributed by atoms with Crippen molar-refractivity contribution in [2.75, 3.05) is 33.4 Å². The second kappa shape index (κ2) is 13.6. The van der Waals surface area contributed by atoms with Crippen molar-refractivity contribution in [1.29, 1.82) is 0 Å². The maximum absolute atomic E-state index is 14.5. The predicted molar refractivity (Wildman–Crippen MR) is 160 cm³/mol. The molecule has 1 aromatic carbocycles. The molecule has 4 aliphatic rings. The van der Waals surface area contributed by atoms with Gasteiger partial charge >= 0.3 is 5.97 Å². The second-order valence-corrected chi connectivity index (χ2v) is 12.0. The van der Waals surface area contributed by atoms with Crippen molar-refractivity contribution in [3.63, 3.8) is 0 Å². The van der Waals surface area contributed by atoms with Crippen LogP contribution >= 0.6 is 0 Å². The highest BCUT2D eigenvalue weighted by atomic mass is 16.6. The molecule has 44 heavy (non-hydrogen) atoms. The lowest BCUT2D eigenvalue weighted by Gasteiger charge is -2.38. The molecule has 3 amide bonds. The lowest BCUT2D eigenvalue weighted by Crippen LogP contribution is -2.57. The average molecular weight is 610 g/mol. The number of hydrogen-bond donors (Lipinski definition) is 2. The molecule has 1 aromatic rings. The number of carbonyl (C=O) groups excluding carboxylic acids is 4. The van der Waals surface area contributed by atoms with Gasteiger partial charge in [-0.25, -0.2) is 0 Å². The Labute approximate surface area is 258 Å². The van der Waals surface area contributed by atoms with Crippen LogP contribution in [0, 0.1) is 11.8 Å². The van der Waals surface area contributed by atoms with Crippen LogP contribution in [0.1, 0.15) is 51.2 Å². The fraction of sp³-hybridized carbons (Fsp3) is 0.576. The van der Waals surface area contributed by atoms with Crippen molar-refractivity contribution in [1.82, 2.24) is 15.1 Å². The number of fused-ring (bicyclic) bond motifs is 2. The van der Waals surface area contributed by atoms with E-state index in [4.69, 9.17) is 14.2 Å². The molecule has 2 saturated heterocycles. The van der Waals surface area contributed by atoms with E-state index in [-0.39, 0.29) is 50.6 Å². The summed E-state index contributed by atoms with van der Waals surface area (Å²) in [6.45, 7) is 3.95. The van der Waals surface area contributed by atoms with Crippen molar-refractivity contribution in [2.45, 2.75) is 75.5 Å². The van der Waals surface area contributed by atoms with Gasteiger partial charge in [0.2, 0.25) is 17.7 Å². The van der Waals surface area contributed by atoms with Gasteiger partial charge in [-0.3, -0.25) is 19.2 Å². The minimum absolute atomic E-state index is 0.0719. The number of benzene rings is 1. The number of nitrogens with one attached hydrogen (secondary N) is 1. The summed E-state index contributed by atoms with van der Waals surface area (Å²) >= 11 is 0. The zero-order chi connectivity index (χ0) is 31.4. The fourth-order valence-electron chi connectivity index (χ4n) is 7.20. The maximum Gasteiger partial charge on any atom is 0.313 e. The smallest absolute Gasteiger partial charge is 0.313 e. The van der Waals surface area contributed by atoms with Crippen molar-refractivity contribution in [3.8, 4) is 0 Å². The Hall–Kier alpha value is -3.54. The number of amides is 3. The highest BCUT2D eigenvalue weighted by Gasteiger charge is 2.73. The minimum Gasteiger partial charge on any atom is -0.455 e. The number of methoxy groups -OCH3 is 1. The van der Waals surface area contributed by atoms with Gasteiger partial charge in [0.05, 0.1) is 31.3 Å². The zero-order valence-corrected chi connectivity index (χ0v) is 25.6. The molecule has 4 aliphatic heterocycles. The number of aliphatic hydroxyl groups is 1. The van der Waals surface area contributed by atoms with Gasteiger partial charge < -0.3 is 34.4 Å². The highest BCUT2D eigenvalue weighted by Crippen LogP contribution is 2.56. The molecule has 1 unspecified atom stereocenters. The number of nitrogens with zero attached hydrogens (tertiary/aromatic N) is 2. The molecule has 11 nitrogen and oxygen atoms in total. The number of rotatable bonds is 8. The first-order valence-corrected chi connectivity index (χ1v) is 15.5. The Morgan fingerprint density at radius 2 is 1.91 bits per heavy atom. The first-order chi connectivity index (χ1) is 21.3. The van der Waals surface area contributed by atoms with Crippen molar-refractivity contribution in [3.05, 3.63) is 60.2 Å². The first kappa shape index (κ1) is 31.9. The number of β-amino-alcohol motifs (C(OH)–C–C–N with tert-alkyl or cyclic N) is 1. The van der Waals surface area contributed by atoms with Crippen LogP contribution in [0.2, 0.25) is 0 Å². The number of ether oxygens (including phenoxy) is 3. The summed E-state index contributed by atoms with van der Waals surface area (Å²) in [7, 11) is 1.51. The molecule has 8 atom stereocenters. The third kappa shape index (κ3) is 5.80. The van der Waals surface area contributed by atoms with Crippen LogP contribution in [-0.4, -0.2) is 102 Å². The van der Waals surface area contributed by atoms with Crippen LogP contribution in [0.25, 0.3) is 0 Å². The molecule has 0 aliphatic carbocycles. The number of allylic oxidation sites excluding steroid dienone is 1. The molecule has 0 radical (unpaired) electrons. The van der Waals surface area contributed by atoms with E-state index in [9.17, 15) is 24.3 Å². The lowest BCUT2D eigenvalue weighted by molar-refractivity contribution is -0.162. The van der Waals surface area contributed by atoms with Crippen LogP contribution in [0.5, 0.6) is 0 Å². The monoisotopic (exact) mass is 609 g/mol. The van der Waals surface area contributed by atoms with E-state index in [1.165, 1.54) is 12.0 Å². The molecule has 0 aromatic heterocycles. The fourth-order valence-corrected chi connectivity index (χ4v) is 7.20. The third-order valence-corrected chi connectivity index (χ3v) is 9.18. The number of hydrogen-bond acceptors (Lipinski definition) is 8. The van der Waals surface area contributed by atoms with Crippen LogP contribution in [0.3, 0.4) is 0 Å². The summed E-state index contributed by atoms with van der Waals surface area (Å²) in [5.41, 5.74) is -0.717. The molecule has 2 N–H and O–H groups in total. The van der Waals surface area contributed by atoms with Gasteiger partial charge in [-0.1, -0.05) is 68.0 Å². The van der Waals surface area contributed by atoms with Crippen LogP contribution in [-0.2, 0) is 33.4 Å². The molecule has 2 fully saturated rings. The van der Waals surface area contributed by atoms with E-state index in [0.717, 1.165) is 12.8 Å². The molecular weight excluding hydrogens is 566 g/mol. The van der Waals surface area contributed by atoms with E-state index < -0.39 is 53.6 Å². The topological polar surface area (TPSA) is 135 Å². The maximum atomic E-state index is 14.5. The van der Waals surface area contributed by atoms with E-state index in [1.54, 1.807) is 29.2 Å². The summed E-state index contributed by atoms with van der Waals surface area (Å²) in [5.74, 6) is -3.65. The Morgan fingerprint density at radius 3 is 2.61 bits per heavy atom. The van der Waals surface area contributed by atoms with Crippen molar-refractivity contribution in [2.24, 2.45) is 11.8 Å². The quantitative estimate of drug-likeness (QED) is 0.337. The SMILES string of the molecule is CCCC(C)N1C/C=C\CCC(=O)N[C@H](COC)[C@@H](c2ccccc2)OC(=O)[C@@H]2[C@@H]3C=C[C@]4(O3)[C@H](C1=O)N(CCO)C(=O)[C@@H]24. The van der Waals surface area contributed by atoms with Crippen LogP contribution in [0.15, 0.2) is 54.6 Å². The van der Waals surface area contributed by atoms with Gasteiger partial charge in [-0.05, 0) is 25.3 Å². The van der Waals surface area contributed by atoms with Crippen LogP contribution < -0.4 is 5.32 Å². The van der Waals surface area contributed by atoms with Gasteiger partial charge in [0, 0.05) is 32.7 Å². The Balaban J connectivity index is 1.59. The molecule has 11 heteroatoms. The van der Waals surface area contributed by atoms with Gasteiger partial charge in [0.1, 0.15) is 23.7 Å². The summed E-state index contributed by atoms with van der Waals surface area (Å²) in [5, 5.41) is 12.9. The number of esters is 1. The summed E-state index contributed by atoms with van der Waals surface area (Å²) < 4.78 is 18.1. The zero-order valence-electron chi connectivity index (χ0n) is 25.6. The third-order valence-electron chi connectivity index (χ3n) is 9.18. The lowest BCUT2D eigenvalue weighted by atomic mass is 9.74. The number of cyclic esters (lactones) is 1. The summed E-state index contributed by atoms with van der Waals surface area (Å²) in [4.78, 5) is 58.9. The standard InChI is InChI=1S/C33H43N3O8/c1-4-11-21(2)35-17-10-6-9-14-25(38)34-23(20-42-3)28(22-12-7-5-8-13-22)43-32(41)26-24-15-16-33(44-24)27(26)30(39)36(18-19-37)29(33)31(35)40/h5-8,10,12-13,15-16,21,23-24,26-29,37H,4,9,11,14,17-20H2,1-3H3,(H,34,38)/b10-6-/t21?,23-,24+,26-,27-,28-,29+,33-/m1/s1. The first-order valence-electron chi connectivity index (χ1n) is 15.5. The van der Waals surface area contributed by atoms with Crippen molar-refractivity contribution >= 4 is 23.7 Å². The van der Waals surface area contributed by atoms with E-state index in [0.29, 0.717) is 12.0 Å². The molecule has 5 bridgehead atoms. The predicted octanol–water partition coefficient (Wildman–Crippen LogP) is 1.91. The Morgan fingerprint density at radius 1 is 1.14 bits per heavy atom. The van der Waals surface area contributed by atoms with Gasteiger partial charge in [-0.2, -0.15) is 0 Å². The summed E-state index contributed by atoms with van der Waals surface area (Å²) in [6, 6.07) is 7.19. The number of carbonyl (C=O) groups is 4. The van der Waals surface area contributed by atoms with Gasteiger partial charge in [0.15, 0.2) is 0 Å².